The van der Waals surface area contributed by atoms with Gasteiger partial charge in [-0.2, -0.15) is 0 Å². The minimum atomic E-state index is -0.867. The van der Waals surface area contributed by atoms with Crippen molar-refractivity contribution in [2.75, 3.05) is 13.1 Å². The van der Waals surface area contributed by atoms with Crippen molar-refractivity contribution >= 4 is 11.9 Å². The highest BCUT2D eigenvalue weighted by molar-refractivity contribution is 5.83. The number of carboxylic acid groups (broad SMARTS) is 1. The van der Waals surface area contributed by atoms with Gasteiger partial charge in [0.15, 0.2) is 0 Å². The van der Waals surface area contributed by atoms with Crippen molar-refractivity contribution in [2.24, 2.45) is 5.92 Å². The van der Waals surface area contributed by atoms with Gasteiger partial charge in [0.1, 0.15) is 0 Å². The van der Waals surface area contributed by atoms with Crippen LogP contribution >= 0.6 is 0 Å². The van der Waals surface area contributed by atoms with Crippen LogP contribution in [0.15, 0.2) is 12.7 Å². The van der Waals surface area contributed by atoms with Crippen LogP contribution in [0.5, 0.6) is 0 Å². The van der Waals surface area contributed by atoms with Gasteiger partial charge in [-0.3, -0.25) is 9.59 Å². The van der Waals surface area contributed by atoms with Gasteiger partial charge in [-0.05, 0) is 33.1 Å². The van der Waals surface area contributed by atoms with Crippen LogP contribution in [0.25, 0.3) is 0 Å². The molecule has 0 aromatic rings. The van der Waals surface area contributed by atoms with E-state index in [0.29, 0.717) is 19.5 Å². The first-order valence-electron chi connectivity index (χ1n) is 12.7. The maximum atomic E-state index is 12.5. The number of nitrogens with zero attached hydrogens (tertiary/aromatic N) is 1. The van der Waals surface area contributed by atoms with Crippen molar-refractivity contribution in [3.05, 3.63) is 12.7 Å². The second-order valence-corrected chi connectivity index (χ2v) is 8.62. The zero-order valence-corrected chi connectivity index (χ0v) is 20.0. The zero-order chi connectivity index (χ0) is 22.5. The summed E-state index contributed by atoms with van der Waals surface area (Å²) in [7, 11) is 0. The molecule has 1 unspecified atom stereocenters. The van der Waals surface area contributed by atoms with Crippen LogP contribution in [-0.4, -0.2) is 35.0 Å². The normalized spacial score (nSPS) is 11.9. The smallest absolute Gasteiger partial charge is 0.304 e. The van der Waals surface area contributed by atoms with Crippen molar-refractivity contribution in [3.8, 4) is 0 Å². The van der Waals surface area contributed by atoms with Gasteiger partial charge >= 0.3 is 5.97 Å². The van der Waals surface area contributed by atoms with Gasteiger partial charge in [0, 0.05) is 19.0 Å². The monoisotopic (exact) mass is 423 g/mol. The molecule has 0 aliphatic carbocycles. The summed E-state index contributed by atoms with van der Waals surface area (Å²) in [5, 5.41) is 9.12. The number of allylic oxidation sites excluding steroid dienone is 1. The Morgan fingerprint density at radius 1 is 0.767 bits per heavy atom. The summed E-state index contributed by atoms with van der Waals surface area (Å²) in [4.78, 5) is 25.4. The van der Waals surface area contributed by atoms with Crippen LogP contribution in [0.4, 0.5) is 0 Å². The standard InChI is InChI=1S/C26H49NO3/c1-4-7-8-9-10-11-12-13-14-15-16-17-18-19-20-21-22-24(23-25(28)29)26(30)27(5-2)6-3/h4,24H,1,5-23H2,2-3H3,(H,28,29). The summed E-state index contributed by atoms with van der Waals surface area (Å²) in [6.45, 7) is 8.97. The van der Waals surface area contributed by atoms with E-state index in [2.05, 4.69) is 6.58 Å². The van der Waals surface area contributed by atoms with Crippen molar-refractivity contribution in [3.63, 3.8) is 0 Å². The van der Waals surface area contributed by atoms with Crippen molar-refractivity contribution in [1.29, 1.82) is 0 Å². The van der Waals surface area contributed by atoms with Crippen LogP contribution in [-0.2, 0) is 9.59 Å². The summed E-state index contributed by atoms with van der Waals surface area (Å²) in [5.74, 6) is -1.21. The van der Waals surface area contributed by atoms with Crippen LogP contribution in [0, 0.1) is 5.92 Å². The Morgan fingerprint density at radius 3 is 1.53 bits per heavy atom. The molecule has 30 heavy (non-hydrogen) atoms. The van der Waals surface area contributed by atoms with E-state index in [9.17, 15) is 9.59 Å². The number of carboxylic acids is 1. The maximum Gasteiger partial charge on any atom is 0.304 e. The molecule has 0 saturated heterocycles. The Balaban J connectivity index is 3.62. The lowest BCUT2D eigenvalue weighted by Gasteiger charge is -2.24. The highest BCUT2D eigenvalue weighted by atomic mass is 16.4. The summed E-state index contributed by atoms with van der Waals surface area (Å²) in [5.41, 5.74) is 0. The van der Waals surface area contributed by atoms with E-state index in [4.69, 9.17) is 5.11 Å². The fourth-order valence-electron chi connectivity index (χ4n) is 4.12. The molecule has 0 rings (SSSR count). The number of carbonyl (C=O) groups excluding carboxylic acids is 1. The quantitative estimate of drug-likeness (QED) is 0.146. The number of aliphatic carboxylic acids is 1. The molecule has 0 aliphatic heterocycles. The highest BCUT2D eigenvalue weighted by Crippen LogP contribution is 2.19. The lowest BCUT2D eigenvalue weighted by Crippen LogP contribution is -2.36. The van der Waals surface area contributed by atoms with Gasteiger partial charge in [-0.1, -0.05) is 89.5 Å². The number of rotatable bonds is 22. The Labute approximate surface area is 186 Å². The van der Waals surface area contributed by atoms with Gasteiger partial charge < -0.3 is 10.0 Å². The highest BCUT2D eigenvalue weighted by Gasteiger charge is 2.24. The molecule has 0 aromatic heterocycles. The third-order valence-corrected chi connectivity index (χ3v) is 6.06. The Kier molecular flexibility index (Phi) is 20.0. The fraction of sp³-hybridized carbons (Fsp3) is 0.846. The molecule has 0 aromatic carbocycles. The van der Waals surface area contributed by atoms with Gasteiger partial charge in [-0.15, -0.1) is 6.58 Å². The predicted octanol–water partition coefficient (Wildman–Crippen LogP) is 7.37. The lowest BCUT2D eigenvalue weighted by molar-refractivity contribution is -0.144. The van der Waals surface area contributed by atoms with E-state index < -0.39 is 5.97 Å². The van der Waals surface area contributed by atoms with Crippen LogP contribution < -0.4 is 0 Å². The Morgan fingerprint density at radius 2 is 1.17 bits per heavy atom. The van der Waals surface area contributed by atoms with E-state index in [1.165, 1.54) is 77.0 Å². The van der Waals surface area contributed by atoms with Gasteiger partial charge in [0.25, 0.3) is 0 Å². The molecule has 0 saturated carbocycles. The fourth-order valence-corrected chi connectivity index (χ4v) is 4.12. The molecule has 0 spiro atoms. The molecule has 4 nitrogen and oxygen atoms in total. The van der Waals surface area contributed by atoms with Crippen molar-refractivity contribution in [1.82, 2.24) is 4.90 Å². The minimum Gasteiger partial charge on any atom is -0.481 e. The molecule has 1 amide bonds. The van der Waals surface area contributed by atoms with Crippen LogP contribution in [0.1, 0.15) is 123 Å². The number of carbonyl (C=O) groups is 2. The predicted molar refractivity (Wildman–Crippen MR) is 128 cm³/mol. The number of amides is 1. The Hall–Kier alpha value is -1.32. The molecular weight excluding hydrogens is 374 g/mol. The van der Waals surface area contributed by atoms with E-state index in [-0.39, 0.29) is 18.2 Å². The number of unbranched alkanes of at least 4 members (excludes halogenated alkanes) is 14. The first-order valence-corrected chi connectivity index (χ1v) is 12.7. The second-order valence-electron chi connectivity index (χ2n) is 8.62. The lowest BCUT2D eigenvalue weighted by atomic mass is 9.95. The molecule has 0 fully saturated rings. The number of hydrogen-bond donors (Lipinski definition) is 1. The molecule has 4 heteroatoms. The van der Waals surface area contributed by atoms with E-state index in [0.717, 1.165) is 19.3 Å². The molecule has 1 N–H and O–H groups in total. The molecule has 176 valence electrons. The van der Waals surface area contributed by atoms with Crippen LogP contribution in [0.3, 0.4) is 0 Å². The van der Waals surface area contributed by atoms with E-state index in [1.54, 1.807) is 4.90 Å². The van der Waals surface area contributed by atoms with E-state index >= 15 is 0 Å². The van der Waals surface area contributed by atoms with E-state index in [1.807, 2.05) is 19.9 Å². The van der Waals surface area contributed by atoms with Crippen LogP contribution in [0.2, 0.25) is 0 Å². The summed E-state index contributed by atoms with van der Waals surface area (Å²) in [6.07, 6.45) is 21.9. The third-order valence-electron chi connectivity index (χ3n) is 6.06. The largest absolute Gasteiger partial charge is 0.481 e. The van der Waals surface area contributed by atoms with Gasteiger partial charge in [0.2, 0.25) is 5.91 Å². The van der Waals surface area contributed by atoms with Gasteiger partial charge in [0.05, 0.1) is 6.42 Å². The average Bonchev–Trinajstić information content (AvgIpc) is 2.73. The maximum absolute atomic E-state index is 12.5. The molecule has 0 heterocycles. The first-order chi connectivity index (χ1) is 14.6. The first kappa shape index (κ1) is 28.7. The topological polar surface area (TPSA) is 57.6 Å². The third kappa shape index (κ3) is 16.5. The van der Waals surface area contributed by atoms with Crippen molar-refractivity contribution < 1.29 is 14.7 Å². The van der Waals surface area contributed by atoms with Gasteiger partial charge in [-0.25, -0.2) is 0 Å². The second kappa shape index (κ2) is 20.9. The molecule has 0 bridgehead atoms. The molecule has 0 aliphatic rings. The molecular formula is C26H49NO3. The summed E-state index contributed by atoms with van der Waals surface area (Å²) in [6, 6.07) is 0. The minimum absolute atomic E-state index is 0.0131. The average molecular weight is 424 g/mol. The number of hydrogen-bond acceptors (Lipinski definition) is 2. The summed E-state index contributed by atoms with van der Waals surface area (Å²) >= 11 is 0. The Bertz CT molecular complexity index is 432. The summed E-state index contributed by atoms with van der Waals surface area (Å²) < 4.78 is 0. The molecule has 1 atom stereocenters. The zero-order valence-electron chi connectivity index (χ0n) is 20.0. The molecule has 0 radical (unpaired) electrons. The van der Waals surface area contributed by atoms with Crippen molar-refractivity contribution in [2.45, 2.75) is 123 Å². The SMILES string of the molecule is C=CCCCCCCCCCCCCCCCCC(CC(=O)O)C(=O)N(CC)CC.